The predicted octanol–water partition coefficient (Wildman–Crippen LogP) is 1.65. The molecule has 0 bridgehead atoms. The van der Waals surface area contributed by atoms with Crippen molar-refractivity contribution < 1.29 is 24.2 Å². The third kappa shape index (κ3) is 4.27. The van der Waals surface area contributed by atoms with E-state index in [-0.39, 0.29) is 12.2 Å². The van der Waals surface area contributed by atoms with Crippen LogP contribution in [-0.4, -0.2) is 48.8 Å². The van der Waals surface area contributed by atoms with Gasteiger partial charge >= 0.3 is 5.97 Å². The first-order valence-corrected chi connectivity index (χ1v) is 7.57. The molecule has 0 aliphatic heterocycles. The van der Waals surface area contributed by atoms with Gasteiger partial charge in [-0.1, -0.05) is 0 Å². The largest absolute Gasteiger partial charge is 0.497 e. The van der Waals surface area contributed by atoms with Crippen molar-refractivity contribution in [3.05, 3.63) is 35.3 Å². The average molecular weight is 336 g/mol. The minimum atomic E-state index is -1.13. The van der Waals surface area contributed by atoms with Crippen molar-refractivity contribution in [3.8, 4) is 16.3 Å². The molecule has 0 aliphatic carbocycles. The second-order valence-corrected chi connectivity index (χ2v) is 5.40. The monoisotopic (exact) mass is 336 g/mol. The maximum Gasteiger partial charge on any atom is 0.334 e. The number of carbonyl (C=O) groups excluding carboxylic acids is 1. The lowest BCUT2D eigenvalue weighted by Gasteiger charge is -2.10. The van der Waals surface area contributed by atoms with Crippen LogP contribution >= 0.6 is 11.3 Å². The molecule has 1 unspecified atom stereocenters. The van der Waals surface area contributed by atoms with Crippen LogP contribution in [0.4, 0.5) is 0 Å². The zero-order chi connectivity index (χ0) is 16.8. The molecule has 0 fully saturated rings. The molecular weight excluding hydrogens is 320 g/mol. The van der Waals surface area contributed by atoms with Crippen LogP contribution in [0.15, 0.2) is 29.6 Å². The summed E-state index contributed by atoms with van der Waals surface area (Å²) >= 11 is 1.33. The molecule has 7 nitrogen and oxygen atoms in total. The lowest BCUT2D eigenvalue weighted by molar-refractivity contribution is -0.148. The highest BCUT2D eigenvalue weighted by Crippen LogP contribution is 2.25. The van der Waals surface area contributed by atoms with Crippen molar-refractivity contribution in [2.45, 2.75) is 6.10 Å². The van der Waals surface area contributed by atoms with Gasteiger partial charge in [-0.3, -0.25) is 4.79 Å². The summed E-state index contributed by atoms with van der Waals surface area (Å²) in [4.78, 5) is 27.1. The summed E-state index contributed by atoms with van der Waals surface area (Å²) in [6, 6.07) is 7.33. The first-order valence-electron chi connectivity index (χ1n) is 6.69. The topological polar surface area (TPSA) is 97.8 Å². The summed E-state index contributed by atoms with van der Waals surface area (Å²) in [6.45, 7) is -0.125. The summed E-state index contributed by atoms with van der Waals surface area (Å²) in [5, 5.41) is 13.7. The predicted molar refractivity (Wildman–Crippen MR) is 84.9 cm³/mol. The summed E-state index contributed by atoms with van der Waals surface area (Å²) < 4.78 is 9.84. The number of thiazole rings is 1. The fourth-order valence-corrected chi connectivity index (χ4v) is 2.60. The Morgan fingerprint density at radius 2 is 2.00 bits per heavy atom. The number of methoxy groups -OCH3 is 2. The smallest absolute Gasteiger partial charge is 0.334 e. The molecule has 0 aliphatic rings. The van der Waals surface area contributed by atoms with Gasteiger partial charge in [0.05, 0.1) is 13.7 Å². The molecular formula is C15H16N2O5S. The standard InChI is InChI=1S/C15H16N2O5S/c1-21-10-5-3-9(4-6-10)14-17-11(8-23-14)13(18)16-7-12(22-2)15(19)20/h3-6,8,12H,7H2,1-2H3,(H,16,18)(H,19,20). The molecule has 2 rings (SSSR count). The molecule has 23 heavy (non-hydrogen) atoms. The molecule has 1 aromatic carbocycles. The Bertz CT molecular complexity index is 683. The van der Waals surface area contributed by atoms with Gasteiger partial charge < -0.3 is 19.9 Å². The van der Waals surface area contributed by atoms with E-state index in [2.05, 4.69) is 10.3 Å². The van der Waals surface area contributed by atoms with Crippen molar-refractivity contribution in [1.82, 2.24) is 10.3 Å². The van der Waals surface area contributed by atoms with E-state index < -0.39 is 18.0 Å². The van der Waals surface area contributed by atoms with E-state index in [1.165, 1.54) is 18.4 Å². The van der Waals surface area contributed by atoms with Crippen molar-refractivity contribution in [1.29, 1.82) is 0 Å². The number of hydrogen-bond donors (Lipinski definition) is 2. The van der Waals surface area contributed by atoms with Gasteiger partial charge in [-0.15, -0.1) is 11.3 Å². The highest BCUT2D eigenvalue weighted by atomic mass is 32.1. The van der Waals surface area contributed by atoms with Gasteiger partial charge in [0.1, 0.15) is 16.5 Å². The number of amides is 1. The lowest BCUT2D eigenvalue weighted by Crippen LogP contribution is -2.37. The van der Waals surface area contributed by atoms with E-state index in [4.69, 9.17) is 14.6 Å². The van der Waals surface area contributed by atoms with Crippen LogP contribution < -0.4 is 10.1 Å². The maximum absolute atomic E-state index is 12.0. The SMILES string of the molecule is COc1ccc(-c2nc(C(=O)NCC(OC)C(=O)O)cs2)cc1. The average Bonchev–Trinajstić information content (AvgIpc) is 3.05. The van der Waals surface area contributed by atoms with Gasteiger partial charge in [0.25, 0.3) is 5.91 Å². The Balaban J connectivity index is 2.03. The number of nitrogens with one attached hydrogen (secondary N) is 1. The maximum atomic E-state index is 12.0. The Hall–Kier alpha value is -2.45. The fourth-order valence-electron chi connectivity index (χ4n) is 1.79. The molecule has 1 amide bonds. The third-order valence-electron chi connectivity index (χ3n) is 3.08. The lowest BCUT2D eigenvalue weighted by atomic mass is 10.2. The Morgan fingerprint density at radius 1 is 1.30 bits per heavy atom. The second-order valence-electron chi connectivity index (χ2n) is 4.54. The van der Waals surface area contributed by atoms with Gasteiger partial charge in [0.2, 0.25) is 0 Å². The summed E-state index contributed by atoms with van der Waals surface area (Å²) in [6.07, 6.45) is -1.08. The van der Waals surface area contributed by atoms with Crippen LogP contribution in [0.25, 0.3) is 10.6 Å². The van der Waals surface area contributed by atoms with Gasteiger partial charge in [0.15, 0.2) is 6.10 Å². The molecule has 0 saturated carbocycles. The molecule has 0 saturated heterocycles. The second kappa shape index (κ2) is 7.70. The van der Waals surface area contributed by atoms with E-state index in [9.17, 15) is 9.59 Å². The third-order valence-corrected chi connectivity index (χ3v) is 3.97. The number of nitrogens with zero attached hydrogens (tertiary/aromatic N) is 1. The number of aliphatic carboxylic acids is 1. The fraction of sp³-hybridized carbons (Fsp3) is 0.267. The summed E-state index contributed by atoms with van der Waals surface area (Å²) in [7, 11) is 2.86. The summed E-state index contributed by atoms with van der Waals surface area (Å²) in [5.41, 5.74) is 1.11. The first-order chi connectivity index (χ1) is 11.0. The van der Waals surface area contributed by atoms with Crippen LogP contribution in [0.1, 0.15) is 10.5 Å². The highest BCUT2D eigenvalue weighted by molar-refractivity contribution is 7.13. The molecule has 122 valence electrons. The molecule has 8 heteroatoms. The van der Waals surface area contributed by atoms with E-state index in [0.29, 0.717) is 5.01 Å². The molecule has 1 atom stereocenters. The zero-order valence-corrected chi connectivity index (χ0v) is 13.4. The van der Waals surface area contributed by atoms with Crippen molar-refractivity contribution in [2.75, 3.05) is 20.8 Å². The van der Waals surface area contributed by atoms with Crippen LogP contribution in [0.3, 0.4) is 0 Å². The number of carboxylic acids is 1. The Morgan fingerprint density at radius 3 is 2.57 bits per heavy atom. The van der Waals surface area contributed by atoms with Crippen LogP contribution in [0, 0.1) is 0 Å². The van der Waals surface area contributed by atoms with Crippen LogP contribution in [-0.2, 0) is 9.53 Å². The molecule has 1 aromatic heterocycles. The number of ether oxygens (including phenoxy) is 2. The molecule has 2 N–H and O–H groups in total. The number of hydrogen-bond acceptors (Lipinski definition) is 6. The van der Waals surface area contributed by atoms with Crippen molar-refractivity contribution >= 4 is 23.2 Å². The van der Waals surface area contributed by atoms with E-state index in [0.717, 1.165) is 11.3 Å². The van der Waals surface area contributed by atoms with Crippen LogP contribution in [0.2, 0.25) is 0 Å². The molecule has 2 aromatic rings. The number of carboxylic acid groups (broad SMARTS) is 1. The molecule has 0 spiro atoms. The quantitative estimate of drug-likeness (QED) is 0.798. The minimum absolute atomic E-state index is 0.125. The van der Waals surface area contributed by atoms with Crippen molar-refractivity contribution in [3.63, 3.8) is 0 Å². The van der Waals surface area contributed by atoms with E-state index in [1.807, 2.05) is 24.3 Å². The zero-order valence-electron chi connectivity index (χ0n) is 12.6. The Kier molecular flexibility index (Phi) is 5.67. The Labute approximate surface area is 136 Å². The van der Waals surface area contributed by atoms with Gasteiger partial charge in [-0.25, -0.2) is 9.78 Å². The minimum Gasteiger partial charge on any atom is -0.497 e. The van der Waals surface area contributed by atoms with Gasteiger partial charge in [-0.05, 0) is 24.3 Å². The number of aromatic nitrogens is 1. The van der Waals surface area contributed by atoms with Crippen LogP contribution in [0.5, 0.6) is 5.75 Å². The summed E-state index contributed by atoms with van der Waals surface area (Å²) in [5.74, 6) is -0.836. The van der Waals surface area contributed by atoms with Gasteiger partial charge in [0, 0.05) is 18.1 Å². The van der Waals surface area contributed by atoms with Crippen molar-refractivity contribution in [2.24, 2.45) is 0 Å². The molecule has 1 heterocycles. The van der Waals surface area contributed by atoms with Gasteiger partial charge in [-0.2, -0.15) is 0 Å². The normalized spacial score (nSPS) is 11.7. The van der Waals surface area contributed by atoms with E-state index >= 15 is 0 Å². The number of rotatable bonds is 7. The first kappa shape index (κ1) is 16.9. The molecule has 0 radical (unpaired) electrons. The highest BCUT2D eigenvalue weighted by Gasteiger charge is 2.19. The number of benzene rings is 1. The van der Waals surface area contributed by atoms with E-state index in [1.54, 1.807) is 12.5 Å². The number of carbonyl (C=O) groups is 2.